The van der Waals surface area contributed by atoms with Gasteiger partial charge in [0, 0.05) is 0 Å². The van der Waals surface area contributed by atoms with Gasteiger partial charge in [-0.25, -0.2) is 0 Å². The Bertz CT molecular complexity index is 3420. The quantitative estimate of drug-likeness (QED) is 0.0380. The van der Waals surface area contributed by atoms with E-state index in [9.17, 15) is 0 Å². The topological polar surface area (TPSA) is 0 Å². The second-order valence-corrected chi connectivity index (χ2v) is 33.2. The molecule has 0 aliphatic heterocycles. The van der Waals surface area contributed by atoms with E-state index in [1.165, 1.54) is 308 Å². The highest BCUT2D eigenvalue weighted by Gasteiger charge is 2.23. The van der Waals surface area contributed by atoms with Crippen molar-refractivity contribution < 1.29 is 0 Å². The maximum Gasteiger partial charge on any atom is -0.0152 e. The van der Waals surface area contributed by atoms with Gasteiger partial charge in [-0.3, -0.25) is 0 Å². The number of benzene rings is 8. The SMILES string of the molecule is CCCCC(CC)Cc1cc(C)c(CC(CC)CCCC)cc1C.CCCCCCc1cc(C)c(CCCCCC)cc1C.CCCCCCc1cc(C)cc(C)c1.Cc1cc(-c2ccccc2)c(C)cc1-c1ccccc1.Cc1cc(C2CCCCC2)c(C)cc1C1CCCCC1.Cc1cccc(C)c1. The highest BCUT2D eigenvalue weighted by molar-refractivity contribution is 5.76. The van der Waals surface area contributed by atoms with Gasteiger partial charge in [-0.1, -0.05) is 370 Å². The lowest BCUT2D eigenvalue weighted by molar-refractivity contribution is 0.437. The van der Waals surface area contributed by atoms with Gasteiger partial charge in [0.05, 0.1) is 0 Å². The average molecular weight is 1430 g/mol. The summed E-state index contributed by atoms with van der Waals surface area (Å²) in [5, 5.41) is 0. The summed E-state index contributed by atoms with van der Waals surface area (Å²) in [6.07, 6.45) is 47.8. The molecule has 0 aromatic heterocycles. The van der Waals surface area contributed by atoms with Crippen molar-refractivity contribution in [2.24, 2.45) is 11.8 Å². The summed E-state index contributed by atoms with van der Waals surface area (Å²) in [6, 6.07) is 56.1. The van der Waals surface area contributed by atoms with Crippen molar-refractivity contribution in [3.05, 3.63) is 257 Å². The van der Waals surface area contributed by atoms with Gasteiger partial charge in [0.2, 0.25) is 0 Å². The van der Waals surface area contributed by atoms with Crippen molar-refractivity contribution in [2.45, 2.75) is 368 Å². The average Bonchev–Trinajstić information content (AvgIpc) is 0.809. The molecule has 0 N–H and O–H groups in total. The van der Waals surface area contributed by atoms with Crippen LogP contribution in [0.3, 0.4) is 0 Å². The summed E-state index contributed by atoms with van der Waals surface area (Å²) >= 11 is 0. The Balaban J connectivity index is 0.000000233. The zero-order chi connectivity index (χ0) is 77.0. The minimum absolute atomic E-state index is 0.850. The molecule has 0 bridgehead atoms. The smallest absolute Gasteiger partial charge is 0.0152 e. The largest absolute Gasteiger partial charge is 0.0654 e. The lowest BCUT2D eigenvalue weighted by atomic mass is 9.77. The fourth-order valence-corrected chi connectivity index (χ4v) is 16.9. The van der Waals surface area contributed by atoms with Gasteiger partial charge >= 0.3 is 0 Å². The van der Waals surface area contributed by atoms with Crippen molar-refractivity contribution in [3.63, 3.8) is 0 Å². The van der Waals surface area contributed by atoms with Gasteiger partial charge in [-0.15, -0.1) is 0 Å². The maximum atomic E-state index is 2.55. The van der Waals surface area contributed by atoms with Gasteiger partial charge in [-0.2, -0.15) is 0 Å². The molecule has 0 amide bonds. The third kappa shape index (κ3) is 33.3. The summed E-state index contributed by atoms with van der Waals surface area (Å²) in [5.74, 6) is 3.43. The van der Waals surface area contributed by atoms with E-state index in [-0.39, 0.29) is 0 Å². The van der Waals surface area contributed by atoms with Gasteiger partial charge in [0.25, 0.3) is 0 Å². The van der Waals surface area contributed by atoms with Crippen molar-refractivity contribution in [2.75, 3.05) is 0 Å². The first kappa shape index (κ1) is 90.4. The van der Waals surface area contributed by atoms with E-state index in [4.69, 9.17) is 0 Å². The highest BCUT2D eigenvalue weighted by atomic mass is 14.3. The third-order valence-corrected chi connectivity index (χ3v) is 23.6. The first-order valence-electron chi connectivity index (χ1n) is 43.9. The second kappa shape index (κ2) is 52.0. The number of hydrogen-bond donors (Lipinski definition) is 0. The van der Waals surface area contributed by atoms with Crippen LogP contribution in [0.15, 0.2) is 152 Å². The number of unbranched alkanes of at least 4 members (excludes halogenated alkanes) is 11. The van der Waals surface area contributed by atoms with Crippen molar-refractivity contribution in [3.8, 4) is 22.3 Å². The van der Waals surface area contributed by atoms with Crippen LogP contribution in [0.1, 0.15) is 359 Å². The van der Waals surface area contributed by atoms with Gasteiger partial charge < -0.3 is 0 Å². The van der Waals surface area contributed by atoms with E-state index < -0.39 is 0 Å². The third-order valence-electron chi connectivity index (χ3n) is 23.6. The molecule has 0 spiro atoms. The van der Waals surface area contributed by atoms with Gasteiger partial charge in [0.15, 0.2) is 0 Å². The Morgan fingerprint density at radius 1 is 0.274 bits per heavy atom. The molecule has 0 radical (unpaired) electrons. The molecule has 2 saturated carbocycles. The normalized spacial score (nSPS) is 13.5. The number of rotatable bonds is 31. The van der Waals surface area contributed by atoms with Crippen molar-refractivity contribution in [1.29, 1.82) is 0 Å². The Kier molecular flexibility index (Phi) is 44.3. The summed E-state index contributed by atoms with van der Waals surface area (Å²) in [6.45, 7) is 43.1. The summed E-state index contributed by atoms with van der Waals surface area (Å²) < 4.78 is 0. The molecule has 8 aromatic carbocycles. The molecule has 8 aromatic rings. The van der Waals surface area contributed by atoms with Crippen LogP contribution in [0.2, 0.25) is 0 Å². The van der Waals surface area contributed by atoms with Crippen LogP contribution in [0.5, 0.6) is 0 Å². The molecule has 0 nitrogen and oxygen atoms in total. The maximum absolute atomic E-state index is 2.55. The van der Waals surface area contributed by atoms with Crippen molar-refractivity contribution >= 4 is 0 Å². The van der Waals surface area contributed by atoms with E-state index in [1.54, 1.807) is 44.5 Å². The Labute approximate surface area is 655 Å². The molecule has 2 atom stereocenters. The van der Waals surface area contributed by atoms with Crippen molar-refractivity contribution in [1.82, 2.24) is 0 Å². The molecule has 106 heavy (non-hydrogen) atoms. The van der Waals surface area contributed by atoms with Crippen LogP contribution in [-0.4, -0.2) is 0 Å². The second-order valence-electron chi connectivity index (χ2n) is 33.2. The molecule has 10 rings (SSSR count). The minimum Gasteiger partial charge on any atom is -0.0654 e. The summed E-state index contributed by atoms with van der Waals surface area (Å²) in [7, 11) is 0. The van der Waals surface area contributed by atoms with Crippen LogP contribution in [0.4, 0.5) is 0 Å². The molecule has 0 heterocycles. The molecular formula is C106H156. The summed E-state index contributed by atoms with van der Waals surface area (Å²) in [5.41, 5.74) is 33.7. The number of aryl methyl sites for hydroxylation is 15. The molecule has 2 aliphatic carbocycles. The Hall–Kier alpha value is -6.24. The zero-order valence-corrected chi connectivity index (χ0v) is 72.0. The zero-order valence-electron chi connectivity index (χ0n) is 72.0. The first-order valence-corrected chi connectivity index (χ1v) is 43.9. The predicted molar refractivity (Wildman–Crippen MR) is 476 cm³/mol. The van der Waals surface area contributed by atoms with Crippen LogP contribution in [-0.2, 0) is 32.1 Å². The number of hydrogen-bond acceptors (Lipinski definition) is 0. The van der Waals surface area contributed by atoms with E-state index in [1.807, 2.05) is 0 Å². The van der Waals surface area contributed by atoms with E-state index in [0.29, 0.717) is 0 Å². The fraction of sp³-hybridized carbons (Fsp3) is 0.547. The van der Waals surface area contributed by atoms with Crippen LogP contribution >= 0.6 is 0 Å². The lowest BCUT2D eigenvalue weighted by Crippen LogP contribution is -2.10. The molecule has 2 fully saturated rings. The molecule has 2 aliphatic rings. The lowest BCUT2D eigenvalue weighted by Gasteiger charge is -2.28. The van der Waals surface area contributed by atoms with Crippen LogP contribution in [0, 0.1) is 94.9 Å². The molecule has 580 valence electrons. The molecule has 0 heteroatoms. The fourth-order valence-electron chi connectivity index (χ4n) is 16.9. The standard InChI is InChI=1S/C24H42.C20H30.C20H18.C20H34.C14H22.C8H10/c1-7-11-13-21(9-3)17-23-15-20(6)24(16-19(23)5)18-22(10-4)14-12-8-2;2*1-15-13-20(18-11-7-4-8-12-18)16(2)14-19(15)17-9-5-3-6-10-17;1-5-7-9-11-13-19-15-18(4)20(16-17(19)3)14-12-10-8-6-2;1-4-5-6-7-8-14-10-12(2)9-13(3)11-14;1-7-4-3-5-8(2)6-7/h15-16,21-22H,7-14,17-18H2,1-6H3;13-14,17-18H,3-12H2,1-2H3;3-14H,1-2H3;15-16H,5-14H2,1-4H3;9-11H,4-8H2,1-3H3;3-6H,1-2H3. The van der Waals surface area contributed by atoms with Gasteiger partial charge in [-0.05, 0) is 290 Å². The first-order chi connectivity index (χ1) is 51.2. The van der Waals surface area contributed by atoms with Crippen LogP contribution < -0.4 is 0 Å². The van der Waals surface area contributed by atoms with E-state index in [2.05, 4.69) is 283 Å². The summed E-state index contributed by atoms with van der Waals surface area (Å²) in [4.78, 5) is 0. The van der Waals surface area contributed by atoms with Crippen LogP contribution in [0.25, 0.3) is 22.3 Å². The molecular weight excluding hydrogens is 1270 g/mol. The predicted octanol–water partition coefficient (Wildman–Crippen LogP) is 33.1. The van der Waals surface area contributed by atoms with E-state index in [0.717, 1.165) is 23.7 Å². The molecule has 2 unspecified atom stereocenters. The minimum atomic E-state index is 0.850. The monoisotopic (exact) mass is 1430 g/mol. The van der Waals surface area contributed by atoms with E-state index >= 15 is 0 Å². The highest BCUT2D eigenvalue weighted by Crippen LogP contribution is 2.40. The van der Waals surface area contributed by atoms with Gasteiger partial charge in [0.1, 0.15) is 0 Å². The Morgan fingerprint density at radius 2 is 0.613 bits per heavy atom. The Morgan fingerprint density at radius 3 is 0.953 bits per heavy atom. The molecule has 0 saturated heterocycles.